The van der Waals surface area contributed by atoms with Gasteiger partial charge in [-0.25, -0.2) is 18.7 Å². The Bertz CT molecular complexity index is 1220. The SMILES string of the molecule is CC(C)Cc1nc(-c2cnc(N3CCC(CCCOc4cc(F)c(C(=O)NC(C)C)c(F)c4)CC3)nc2)no1. The Hall–Kier alpha value is -3.63. The van der Waals surface area contributed by atoms with Crippen LogP contribution in [0.15, 0.2) is 29.0 Å². The Labute approximate surface area is 227 Å². The van der Waals surface area contributed by atoms with Gasteiger partial charge in [-0.15, -0.1) is 0 Å². The molecule has 0 aliphatic carbocycles. The number of benzene rings is 1. The normalized spacial score (nSPS) is 14.3. The molecule has 3 heterocycles. The number of carbonyl (C=O) groups is 1. The van der Waals surface area contributed by atoms with E-state index >= 15 is 0 Å². The predicted molar refractivity (Wildman–Crippen MR) is 142 cm³/mol. The van der Waals surface area contributed by atoms with Crippen LogP contribution in [0.2, 0.25) is 0 Å². The number of carbonyl (C=O) groups excluding carboxylic acids is 1. The minimum absolute atomic E-state index is 0.0819. The van der Waals surface area contributed by atoms with Gasteiger partial charge in [0.2, 0.25) is 17.7 Å². The molecule has 1 saturated heterocycles. The number of hydrogen-bond donors (Lipinski definition) is 1. The van der Waals surface area contributed by atoms with E-state index in [1.165, 1.54) is 0 Å². The summed E-state index contributed by atoms with van der Waals surface area (Å²) in [6.07, 6.45) is 7.89. The van der Waals surface area contributed by atoms with Crippen molar-refractivity contribution in [2.45, 2.75) is 65.8 Å². The van der Waals surface area contributed by atoms with Gasteiger partial charge in [0.15, 0.2) is 0 Å². The van der Waals surface area contributed by atoms with E-state index in [0.717, 1.165) is 62.9 Å². The summed E-state index contributed by atoms with van der Waals surface area (Å²) in [5.41, 5.74) is 0.132. The van der Waals surface area contributed by atoms with E-state index in [9.17, 15) is 13.6 Å². The molecule has 9 nitrogen and oxygen atoms in total. The zero-order valence-electron chi connectivity index (χ0n) is 22.9. The molecule has 0 spiro atoms. The van der Waals surface area contributed by atoms with Crippen molar-refractivity contribution in [3.8, 4) is 17.1 Å². The summed E-state index contributed by atoms with van der Waals surface area (Å²) in [4.78, 5) is 27.6. The second-order valence-corrected chi connectivity index (χ2v) is 10.7. The van der Waals surface area contributed by atoms with Gasteiger partial charge in [0.25, 0.3) is 5.91 Å². The minimum atomic E-state index is -0.932. The van der Waals surface area contributed by atoms with Crippen LogP contribution in [0.5, 0.6) is 5.75 Å². The zero-order valence-corrected chi connectivity index (χ0v) is 22.9. The summed E-state index contributed by atoms with van der Waals surface area (Å²) in [5.74, 6) is 0.193. The Morgan fingerprint density at radius 1 is 1.13 bits per heavy atom. The van der Waals surface area contributed by atoms with Crippen LogP contribution in [-0.4, -0.2) is 51.8 Å². The number of nitrogens with zero attached hydrogens (tertiary/aromatic N) is 5. The number of anilines is 1. The minimum Gasteiger partial charge on any atom is -0.493 e. The van der Waals surface area contributed by atoms with Gasteiger partial charge in [0, 0.05) is 50.1 Å². The van der Waals surface area contributed by atoms with E-state index in [1.54, 1.807) is 26.2 Å². The van der Waals surface area contributed by atoms with Crippen molar-refractivity contribution in [3.63, 3.8) is 0 Å². The molecule has 0 unspecified atom stereocenters. The van der Waals surface area contributed by atoms with Crippen LogP contribution in [-0.2, 0) is 6.42 Å². The highest BCUT2D eigenvalue weighted by molar-refractivity contribution is 5.95. The molecule has 1 N–H and O–H groups in total. The fourth-order valence-corrected chi connectivity index (χ4v) is 4.57. The largest absolute Gasteiger partial charge is 0.493 e. The van der Waals surface area contributed by atoms with E-state index in [2.05, 4.69) is 44.2 Å². The van der Waals surface area contributed by atoms with E-state index in [0.29, 0.717) is 36.1 Å². The molecule has 0 radical (unpaired) electrons. The predicted octanol–water partition coefficient (Wildman–Crippen LogP) is 5.22. The third-order valence-electron chi connectivity index (χ3n) is 6.53. The summed E-state index contributed by atoms with van der Waals surface area (Å²) < 4.78 is 39.5. The first kappa shape index (κ1) is 28.4. The van der Waals surface area contributed by atoms with Crippen LogP contribution in [0, 0.1) is 23.5 Å². The van der Waals surface area contributed by atoms with Crippen LogP contribution in [0.4, 0.5) is 14.7 Å². The van der Waals surface area contributed by atoms with Gasteiger partial charge in [-0.2, -0.15) is 4.98 Å². The molecule has 3 aromatic rings. The lowest BCUT2D eigenvalue weighted by atomic mass is 9.92. The van der Waals surface area contributed by atoms with Crippen molar-refractivity contribution in [2.75, 3.05) is 24.6 Å². The van der Waals surface area contributed by atoms with E-state index in [4.69, 9.17) is 9.26 Å². The lowest BCUT2D eigenvalue weighted by molar-refractivity contribution is 0.0934. The molecule has 39 heavy (non-hydrogen) atoms. The van der Waals surface area contributed by atoms with Gasteiger partial charge >= 0.3 is 0 Å². The Kier molecular flexibility index (Phi) is 9.42. The third kappa shape index (κ3) is 7.70. The second kappa shape index (κ2) is 12.9. The fraction of sp³-hybridized carbons (Fsp3) is 0.536. The van der Waals surface area contributed by atoms with Crippen molar-refractivity contribution < 1.29 is 22.8 Å². The standard InChI is InChI=1S/C28H36F2N6O3/c1-17(2)12-24-34-26(35-39-24)20-15-31-28(32-16-20)36-9-7-19(8-10-36)6-5-11-38-21-13-22(29)25(23(30)14-21)27(37)33-18(3)4/h13-19H,5-12H2,1-4H3,(H,33,37). The van der Waals surface area contributed by atoms with Crippen molar-refractivity contribution in [1.82, 2.24) is 25.4 Å². The molecule has 11 heteroatoms. The average Bonchev–Trinajstić information content (AvgIpc) is 3.34. The van der Waals surface area contributed by atoms with Crippen LogP contribution in [0.25, 0.3) is 11.4 Å². The highest BCUT2D eigenvalue weighted by Gasteiger charge is 2.22. The topological polar surface area (TPSA) is 106 Å². The summed E-state index contributed by atoms with van der Waals surface area (Å²) in [7, 11) is 0. The van der Waals surface area contributed by atoms with Crippen molar-refractivity contribution >= 4 is 11.9 Å². The molecule has 1 amide bonds. The number of aromatic nitrogens is 4. The zero-order chi connectivity index (χ0) is 27.9. The molecule has 2 aromatic heterocycles. The molecular formula is C28H36F2N6O3. The lowest BCUT2D eigenvalue weighted by Crippen LogP contribution is -2.34. The first-order chi connectivity index (χ1) is 18.7. The van der Waals surface area contributed by atoms with Crippen molar-refractivity contribution in [2.24, 2.45) is 11.8 Å². The van der Waals surface area contributed by atoms with Crippen LogP contribution < -0.4 is 15.0 Å². The van der Waals surface area contributed by atoms with Gasteiger partial charge in [-0.3, -0.25) is 4.79 Å². The first-order valence-corrected chi connectivity index (χ1v) is 13.5. The summed E-state index contributed by atoms with van der Waals surface area (Å²) in [6, 6.07) is 1.90. The highest BCUT2D eigenvalue weighted by Crippen LogP contribution is 2.26. The van der Waals surface area contributed by atoms with Gasteiger partial charge < -0.3 is 19.5 Å². The monoisotopic (exact) mass is 542 g/mol. The first-order valence-electron chi connectivity index (χ1n) is 13.5. The summed E-state index contributed by atoms with van der Waals surface area (Å²) in [6.45, 7) is 9.69. The number of ether oxygens (including phenoxy) is 1. The molecule has 0 saturated carbocycles. The van der Waals surface area contributed by atoms with Crippen LogP contribution in [0.3, 0.4) is 0 Å². The molecule has 1 aromatic carbocycles. The van der Waals surface area contributed by atoms with Gasteiger partial charge in [0.1, 0.15) is 22.9 Å². The highest BCUT2D eigenvalue weighted by atomic mass is 19.1. The van der Waals surface area contributed by atoms with E-state index < -0.39 is 23.1 Å². The van der Waals surface area contributed by atoms with Gasteiger partial charge in [-0.05, 0) is 51.4 Å². The maximum Gasteiger partial charge on any atom is 0.257 e. The number of piperidine rings is 1. The van der Waals surface area contributed by atoms with Crippen LogP contribution in [0.1, 0.15) is 69.6 Å². The van der Waals surface area contributed by atoms with E-state index in [1.807, 2.05) is 0 Å². The van der Waals surface area contributed by atoms with Crippen molar-refractivity contribution in [1.29, 1.82) is 0 Å². The molecule has 1 aliphatic heterocycles. The Morgan fingerprint density at radius 3 is 2.41 bits per heavy atom. The maximum absolute atomic E-state index is 14.3. The second-order valence-electron chi connectivity index (χ2n) is 10.7. The molecule has 4 rings (SSSR count). The molecular weight excluding hydrogens is 506 g/mol. The fourth-order valence-electron chi connectivity index (χ4n) is 4.57. The number of halogens is 2. The lowest BCUT2D eigenvalue weighted by Gasteiger charge is -2.32. The number of nitrogens with one attached hydrogen (secondary N) is 1. The summed E-state index contributed by atoms with van der Waals surface area (Å²) in [5, 5.41) is 6.53. The van der Waals surface area contributed by atoms with Crippen LogP contribution >= 0.6 is 0 Å². The number of rotatable bonds is 11. The third-order valence-corrected chi connectivity index (χ3v) is 6.53. The smallest absolute Gasteiger partial charge is 0.257 e. The quantitative estimate of drug-likeness (QED) is 0.329. The average molecular weight is 543 g/mol. The maximum atomic E-state index is 14.3. The molecule has 1 fully saturated rings. The number of amides is 1. The molecule has 0 atom stereocenters. The van der Waals surface area contributed by atoms with Gasteiger partial charge in [0.05, 0.1) is 12.2 Å². The Balaban J connectivity index is 1.20. The molecule has 1 aliphatic rings. The Morgan fingerprint density at radius 2 is 1.79 bits per heavy atom. The van der Waals surface area contributed by atoms with Gasteiger partial charge in [-0.1, -0.05) is 19.0 Å². The molecule has 0 bridgehead atoms. The summed E-state index contributed by atoms with van der Waals surface area (Å²) >= 11 is 0. The number of hydrogen-bond acceptors (Lipinski definition) is 8. The molecule has 210 valence electrons. The van der Waals surface area contributed by atoms with E-state index in [-0.39, 0.29) is 11.8 Å². The van der Waals surface area contributed by atoms with Crippen molar-refractivity contribution in [3.05, 3.63) is 47.6 Å².